The van der Waals surface area contributed by atoms with Crippen LogP contribution in [0.2, 0.25) is 0 Å². The van der Waals surface area contributed by atoms with E-state index in [1.807, 2.05) is 0 Å². The first kappa shape index (κ1) is 41.7. The zero-order valence-electron chi connectivity index (χ0n) is 29.5. The third-order valence-corrected chi connectivity index (χ3v) is 10.1. The Balaban J connectivity index is 0.000000222. The lowest BCUT2D eigenvalue weighted by molar-refractivity contribution is -0.385. The number of hydrogen-bond donors (Lipinski definition) is 2. The molecule has 6 atom stereocenters. The molecule has 0 aliphatic carbocycles. The second kappa shape index (κ2) is 15.9. The molecular formula is C36H40F5N7O8. The first-order valence-corrected chi connectivity index (χ1v) is 17.0. The number of hydrogen-bond acceptors (Lipinski definition) is 14. The molecule has 2 unspecified atom stereocenters. The fraction of sp³-hybridized carbons (Fsp3) is 0.472. The van der Waals surface area contributed by atoms with Gasteiger partial charge in [-0.3, -0.25) is 14.9 Å². The van der Waals surface area contributed by atoms with Gasteiger partial charge in [0, 0.05) is 36.1 Å². The largest absolute Gasteiger partial charge is 0.458 e. The number of alkyl halides is 3. The number of rotatable bonds is 8. The van der Waals surface area contributed by atoms with Gasteiger partial charge >= 0.3 is 0 Å². The van der Waals surface area contributed by atoms with Crippen LogP contribution in [0.1, 0.15) is 67.7 Å². The van der Waals surface area contributed by atoms with Gasteiger partial charge in [-0.1, -0.05) is 13.5 Å². The van der Waals surface area contributed by atoms with E-state index in [9.17, 15) is 28.1 Å². The number of ketones is 1. The first-order chi connectivity index (χ1) is 26.0. The molecule has 4 aliphatic heterocycles. The number of nitro benzene ring substituents is 1. The second-order valence-corrected chi connectivity index (χ2v) is 13.4. The van der Waals surface area contributed by atoms with Gasteiger partial charge in [-0.2, -0.15) is 0 Å². The Bertz CT molecular complexity index is 2030. The van der Waals surface area contributed by atoms with Crippen molar-refractivity contribution in [1.29, 1.82) is 0 Å². The molecule has 0 radical (unpaired) electrons. The third kappa shape index (κ3) is 7.41. The number of fused-ring (bicyclic) bond motifs is 2. The van der Waals surface area contributed by atoms with Crippen molar-refractivity contribution in [2.75, 3.05) is 26.7 Å². The Kier molecular flexibility index (Phi) is 11.8. The zero-order chi connectivity index (χ0) is 39.8. The van der Waals surface area contributed by atoms with Gasteiger partial charge in [-0.25, -0.2) is 41.9 Å². The maximum absolute atomic E-state index is 16.1. The summed E-state index contributed by atoms with van der Waals surface area (Å²) in [6.45, 7) is 1.69. The lowest BCUT2D eigenvalue weighted by Crippen LogP contribution is -2.64. The number of aromatic nitrogens is 2. The molecule has 0 amide bonds. The van der Waals surface area contributed by atoms with Crippen molar-refractivity contribution in [3.63, 3.8) is 0 Å². The molecule has 7 rings (SSSR count). The van der Waals surface area contributed by atoms with E-state index in [1.54, 1.807) is 0 Å². The van der Waals surface area contributed by atoms with Crippen molar-refractivity contribution in [1.82, 2.24) is 9.97 Å². The van der Waals surface area contributed by atoms with Gasteiger partial charge in [0.2, 0.25) is 12.7 Å². The number of nitro groups is 1. The number of benzene rings is 2. The van der Waals surface area contributed by atoms with E-state index in [-0.39, 0.29) is 80.5 Å². The van der Waals surface area contributed by atoms with Gasteiger partial charge in [-0.15, -0.1) is 0 Å². The highest BCUT2D eigenvalue weighted by Crippen LogP contribution is 2.51. The number of ether oxygens (including phenoxy) is 5. The summed E-state index contributed by atoms with van der Waals surface area (Å²) < 4.78 is 98.9. The molecule has 15 nitrogen and oxygen atoms in total. The van der Waals surface area contributed by atoms with Gasteiger partial charge in [0.1, 0.15) is 29.0 Å². The van der Waals surface area contributed by atoms with E-state index < -0.39 is 64.0 Å². The summed E-state index contributed by atoms with van der Waals surface area (Å²) in [4.78, 5) is 38.6. The molecule has 3 aromatic rings. The van der Waals surface area contributed by atoms with Crippen LogP contribution in [-0.4, -0.2) is 83.1 Å². The third-order valence-electron chi connectivity index (χ3n) is 10.1. The van der Waals surface area contributed by atoms with Crippen LogP contribution in [0.25, 0.3) is 0 Å². The van der Waals surface area contributed by atoms with Gasteiger partial charge < -0.3 is 35.2 Å². The number of amidine groups is 2. The smallest absolute Gasteiger partial charge is 0.283 e. The number of carbonyl (C=O) groups is 1. The molecule has 4 aliphatic rings. The highest BCUT2D eigenvalue weighted by Gasteiger charge is 2.64. The van der Waals surface area contributed by atoms with E-state index in [0.29, 0.717) is 18.4 Å². The molecule has 0 saturated carbocycles. The highest BCUT2D eigenvalue weighted by molar-refractivity contribution is 5.95. The number of halogens is 5. The van der Waals surface area contributed by atoms with Crippen LogP contribution in [0, 0.1) is 21.7 Å². The Morgan fingerprint density at radius 2 is 1.61 bits per heavy atom. The van der Waals surface area contributed by atoms with Crippen LogP contribution in [-0.2, 0) is 36.4 Å². The Morgan fingerprint density at radius 3 is 2.27 bits per heavy atom. The first-order valence-electron chi connectivity index (χ1n) is 17.0. The molecule has 0 bridgehead atoms. The normalized spacial score (nSPS) is 29.2. The quantitative estimate of drug-likeness (QED) is 0.131. The molecule has 2 fully saturated rings. The van der Waals surface area contributed by atoms with Crippen molar-refractivity contribution >= 4 is 23.5 Å². The Hall–Kier alpha value is -5.50. The number of Topliss-reactive ketones (excluding diaryl/α,β-unsaturated/α-hetero) is 1. The highest BCUT2D eigenvalue weighted by atomic mass is 19.2. The number of carbonyl (C=O) groups excluding carboxylic acids is 1. The van der Waals surface area contributed by atoms with Gasteiger partial charge in [0.05, 0.1) is 37.1 Å². The van der Waals surface area contributed by atoms with Crippen molar-refractivity contribution in [2.24, 2.45) is 21.5 Å². The minimum atomic E-state index is -2.44. The van der Waals surface area contributed by atoms with Gasteiger partial charge in [0.25, 0.3) is 23.6 Å². The SMILES string of the molecule is C.C[C@]1(c2cc(CC(=O)c3cnc(OCF)cn3)ccc2F)N=C(N)O[C@@H]2CCCO[C@@]21F.C[C@]1(c2cc([N+](=O)[O-])ccc2F)N=C(N)OC2CCOCC21F. The minimum Gasteiger partial charge on any atom is -0.458 e. The molecule has 20 heteroatoms. The van der Waals surface area contributed by atoms with E-state index in [0.717, 1.165) is 36.7 Å². The average Bonchev–Trinajstić information content (AvgIpc) is 3.14. The summed E-state index contributed by atoms with van der Waals surface area (Å²) in [6.07, 6.45) is 1.23. The molecule has 302 valence electrons. The lowest BCUT2D eigenvalue weighted by Gasteiger charge is -2.49. The summed E-state index contributed by atoms with van der Waals surface area (Å²) >= 11 is 0. The molecule has 2 saturated heterocycles. The Labute approximate surface area is 317 Å². The molecule has 1 aromatic heterocycles. The van der Waals surface area contributed by atoms with Crippen molar-refractivity contribution in [3.8, 4) is 5.88 Å². The van der Waals surface area contributed by atoms with E-state index in [1.165, 1.54) is 26.0 Å². The molecule has 0 spiro atoms. The monoisotopic (exact) mass is 793 g/mol. The molecule has 56 heavy (non-hydrogen) atoms. The maximum atomic E-state index is 16.1. The van der Waals surface area contributed by atoms with Crippen LogP contribution in [0.3, 0.4) is 0 Å². The number of nitrogens with zero attached hydrogens (tertiary/aromatic N) is 5. The fourth-order valence-electron chi connectivity index (χ4n) is 7.10. The molecule has 4 N–H and O–H groups in total. The van der Waals surface area contributed by atoms with Gasteiger partial charge in [-0.05, 0) is 50.5 Å². The van der Waals surface area contributed by atoms with Crippen LogP contribution in [0.4, 0.5) is 27.6 Å². The minimum absolute atomic E-state index is 0. The number of non-ortho nitro benzene ring substituents is 1. The van der Waals surface area contributed by atoms with Crippen LogP contribution in [0.15, 0.2) is 58.8 Å². The molecular weight excluding hydrogens is 753 g/mol. The molecule has 2 aromatic carbocycles. The predicted octanol–water partition coefficient (Wildman–Crippen LogP) is 5.18. The van der Waals surface area contributed by atoms with Crippen LogP contribution < -0.4 is 16.2 Å². The van der Waals surface area contributed by atoms with Gasteiger partial charge in [0.15, 0.2) is 23.1 Å². The summed E-state index contributed by atoms with van der Waals surface area (Å²) in [5.74, 6) is -4.46. The fourth-order valence-corrected chi connectivity index (χ4v) is 7.10. The predicted molar refractivity (Wildman–Crippen MR) is 189 cm³/mol. The Morgan fingerprint density at radius 1 is 0.946 bits per heavy atom. The topological polar surface area (TPSA) is 209 Å². The molecule has 5 heterocycles. The van der Waals surface area contributed by atoms with Crippen molar-refractivity contribution in [2.45, 2.75) is 81.8 Å². The van der Waals surface area contributed by atoms with Crippen molar-refractivity contribution in [3.05, 3.63) is 92.9 Å². The summed E-state index contributed by atoms with van der Waals surface area (Å²) in [6, 6.07) is 6.27. The van der Waals surface area contributed by atoms with E-state index in [4.69, 9.17) is 30.4 Å². The lowest BCUT2D eigenvalue weighted by atomic mass is 9.72. The maximum Gasteiger partial charge on any atom is 0.283 e. The van der Waals surface area contributed by atoms with Crippen molar-refractivity contribution < 1.29 is 55.4 Å². The average molecular weight is 794 g/mol. The number of nitrogens with two attached hydrogens (primary N) is 2. The summed E-state index contributed by atoms with van der Waals surface area (Å²) in [5, 5.41) is 11.0. The van der Waals surface area contributed by atoms with E-state index in [2.05, 4.69) is 24.7 Å². The van der Waals surface area contributed by atoms with Crippen LogP contribution in [0.5, 0.6) is 5.88 Å². The summed E-state index contributed by atoms with van der Waals surface area (Å²) in [5.41, 5.74) is 5.27. The zero-order valence-corrected chi connectivity index (χ0v) is 29.5. The van der Waals surface area contributed by atoms with Crippen LogP contribution >= 0.6 is 0 Å². The second-order valence-electron chi connectivity index (χ2n) is 13.4. The van der Waals surface area contributed by atoms with E-state index >= 15 is 8.78 Å². The summed E-state index contributed by atoms with van der Waals surface area (Å²) in [7, 11) is 0. The number of aliphatic imine (C=N–C) groups is 2. The standard InChI is InChI=1S/C21H21F3N4O4.C14H15F2N3O4.CH4/c1-20(21(24)17(3-2-6-31-21)32-19(25)28-20)13-7-12(4-5-14(13)23)8-16(29)15-9-27-18(10-26-15)30-11-22;1-13(9-6-8(19(20)21)2-3-10(9)15)14(16)7-22-5-4-11(14)23-12(17)18-13;/h4-5,7,9-10,17H,2-3,6,8,11H2,1H3,(H2,25,28);2-3,6,11H,4-5,7H2,1H3,(H2,17,18);1H4/t17-,20-,21+;11?,13-,14?;/m11./s1.